The van der Waals surface area contributed by atoms with Crippen LogP contribution in [0, 0.1) is 0 Å². The van der Waals surface area contributed by atoms with Crippen LogP contribution in [0.5, 0.6) is 11.5 Å². The van der Waals surface area contributed by atoms with E-state index in [4.69, 9.17) is 21.1 Å². The molecule has 0 radical (unpaired) electrons. The van der Waals surface area contributed by atoms with Crippen molar-refractivity contribution in [2.75, 3.05) is 27.8 Å². The quantitative estimate of drug-likeness (QED) is 0.753. The van der Waals surface area contributed by atoms with Gasteiger partial charge < -0.3 is 14.4 Å². The number of benzene rings is 1. The topological polar surface area (TPSA) is 38.8 Å². The summed E-state index contributed by atoms with van der Waals surface area (Å²) >= 11 is 5.88. The fraction of sp³-hybridized carbons (Fsp3) is 0.500. The molecule has 0 aliphatic carbocycles. The first-order chi connectivity index (χ1) is 8.97. The molecule has 1 rings (SSSR count). The summed E-state index contributed by atoms with van der Waals surface area (Å²) in [4.78, 5) is 13.6. The van der Waals surface area contributed by atoms with Crippen LogP contribution in [0.1, 0.15) is 12.5 Å². The van der Waals surface area contributed by atoms with E-state index in [1.165, 1.54) is 0 Å². The van der Waals surface area contributed by atoms with Crippen LogP contribution in [0.25, 0.3) is 0 Å². The number of hydrogen-bond donors (Lipinski definition) is 0. The van der Waals surface area contributed by atoms with Crippen molar-refractivity contribution >= 4 is 17.5 Å². The molecule has 0 saturated carbocycles. The third-order valence-electron chi connectivity index (χ3n) is 2.75. The second-order valence-electron chi connectivity index (χ2n) is 4.42. The number of hydrogen-bond acceptors (Lipinski definition) is 3. The Morgan fingerprint density at radius 3 is 2.47 bits per heavy atom. The molecule has 0 bridgehead atoms. The lowest BCUT2D eigenvalue weighted by Crippen LogP contribution is -2.32. The van der Waals surface area contributed by atoms with E-state index in [2.05, 4.69) is 0 Å². The van der Waals surface area contributed by atoms with Gasteiger partial charge >= 0.3 is 0 Å². The minimum Gasteiger partial charge on any atom is -0.493 e. The van der Waals surface area contributed by atoms with E-state index in [1.54, 1.807) is 32.2 Å². The molecule has 1 amide bonds. The molecule has 106 valence electrons. The number of carbonyl (C=O) groups excluding carboxylic acids is 1. The maximum Gasteiger partial charge on any atom is 0.226 e. The van der Waals surface area contributed by atoms with Crippen LogP contribution in [0.3, 0.4) is 0 Å². The van der Waals surface area contributed by atoms with Crippen molar-refractivity contribution in [3.05, 3.63) is 23.8 Å². The summed E-state index contributed by atoms with van der Waals surface area (Å²) in [6, 6.07) is 5.47. The maximum atomic E-state index is 12.0. The van der Waals surface area contributed by atoms with Crippen LogP contribution in [-0.2, 0) is 11.2 Å². The Hall–Kier alpha value is -1.42. The molecule has 0 aliphatic heterocycles. The van der Waals surface area contributed by atoms with Gasteiger partial charge in [0.15, 0.2) is 11.5 Å². The van der Waals surface area contributed by atoms with E-state index >= 15 is 0 Å². The zero-order valence-electron chi connectivity index (χ0n) is 11.8. The summed E-state index contributed by atoms with van der Waals surface area (Å²) in [5.74, 6) is 1.31. The van der Waals surface area contributed by atoms with E-state index in [9.17, 15) is 4.79 Å². The maximum absolute atomic E-state index is 12.0. The minimum atomic E-state index is -0.0562. The van der Waals surface area contributed by atoms with Crippen molar-refractivity contribution in [2.24, 2.45) is 0 Å². The fourth-order valence-electron chi connectivity index (χ4n) is 1.78. The van der Waals surface area contributed by atoms with Crippen molar-refractivity contribution in [2.45, 2.75) is 18.7 Å². The summed E-state index contributed by atoms with van der Waals surface area (Å²) in [5, 5.41) is -0.0562. The molecular formula is C14H20ClNO3. The van der Waals surface area contributed by atoms with Crippen molar-refractivity contribution in [3.63, 3.8) is 0 Å². The predicted molar refractivity (Wildman–Crippen MR) is 76.2 cm³/mol. The lowest BCUT2D eigenvalue weighted by Gasteiger charge is -2.18. The van der Waals surface area contributed by atoms with Gasteiger partial charge in [0.2, 0.25) is 5.91 Å². The van der Waals surface area contributed by atoms with Gasteiger partial charge in [-0.15, -0.1) is 11.6 Å². The first-order valence-corrected chi connectivity index (χ1v) is 6.50. The van der Waals surface area contributed by atoms with Gasteiger partial charge in [-0.25, -0.2) is 0 Å². The first kappa shape index (κ1) is 15.6. The van der Waals surface area contributed by atoms with Crippen LogP contribution in [0.15, 0.2) is 18.2 Å². The van der Waals surface area contributed by atoms with Gasteiger partial charge in [-0.1, -0.05) is 6.07 Å². The monoisotopic (exact) mass is 285 g/mol. The Morgan fingerprint density at radius 2 is 1.95 bits per heavy atom. The van der Waals surface area contributed by atoms with Crippen molar-refractivity contribution in [3.8, 4) is 11.5 Å². The van der Waals surface area contributed by atoms with E-state index in [-0.39, 0.29) is 11.3 Å². The lowest BCUT2D eigenvalue weighted by atomic mass is 10.1. The molecule has 1 aromatic carbocycles. The molecule has 5 heteroatoms. The zero-order valence-corrected chi connectivity index (χ0v) is 12.5. The van der Waals surface area contributed by atoms with E-state index in [0.717, 1.165) is 5.56 Å². The normalized spacial score (nSPS) is 11.8. The molecule has 0 fully saturated rings. The number of ether oxygens (including phenoxy) is 2. The highest BCUT2D eigenvalue weighted by atomic mass is 35.5. The van der Waals surface area contributed by atoms with Gasteiger partial charge in [-0.2, -0.15) is 0 Å². The molecule has 0 saturated heterocycles. The zero-order chi connectivity index (χ0) is 14.4. The van der Waals surface area contributed by atoms with Crippen LogP contribution < -0.4 is 9.47 Å². The predicted octanol–water partition coefficient (Wildman–Crippen LogP) is 2.33. The molecule has 0 spiro atoms. The van der Waals surface area contributed by atoms with Crippen molar-refractivity contribution < 1.29 is 14.3 Å². The molecule has 0 N–H and O–H groups in total. The molecule has 1 aromatic rings. The highest BCUT2D eigenvalue weighted by Crippen LogP contribution is 2.27. The van der Waals surface area contributed by atoms with E-state index in [0.29, 0.717) is 24.5 Å². The molecular weight excluding hydrogens is 266 g/mol. The Balaban J connectivity index is 2.74. The summed E-state index contributed by atoms with van der Waals surface area (Å²) in [5.41, 5.74) is 0.886. The summed E-state index contributed by atoms with van der Waals surface area (Å²) in [6.07, 6.45) is 0.320. The summed E-state index contributed by atoms with van der Waals surface area (Å²) in [6.45, 7) is 2.40. The van der Waals surface area contributed by atoms with Crippen LogP contribution in [0.4, 0.5) is 0 Å². The summed E-state index contributed by atoms with van der Waals surface area (Å²) < 4.78 is 10.4. The van der Waals surface area contributed by atoms with Crippen LogP contribution >= 0.6 is 11.6 Å². The SMILES string of the molecule is COc1ccc(CC(=O)N(C)CC(C)Cl)cc1OC. The molecule has 0 aliphatic rings. The Bertz CT molecular complexity index is 435. The number of methoxy groups -OCH3 is 2. The highest BCUT2D eigenvalue weighted by Gasteiger charge is 2.13. The number of halogens is 1. The average Bonchev–Trinajstić information content (AvgIpc) is 2.37. The molecule has 1 unspecified atom stereocenters. The van der Waals surface area contributed by atoms with Gasteiger partial charge in [0.1, 0.15) is 0 Å². The molecule has 0 heterocycles. The van der Waals surface area contributed by atoms with E-state index in [1.807, 2.05) is 19.1 Å². The number of amides is 1. The van der Waals surface area contributed by atoms with Crippen LogP contribution in [-0.4, -0.2) is 44.0 Å². The second-order valence-corrected chi connectivity index (χ2v) is 5.17. The molecule has 19 heavy (non-hydrogen) atoms. The Kier molecular flexibility index (Phi) is 5.96. The van der Waals surface area contributed by atoms with Gasteiger partial charge in [-0.05, 0) is 24.6 Å². The van der Waals surface area contributed by atoms with Gasteiger partial charge in [0.05, 0.1) is 20.6 Å². The average molecular weight is 286 g/mol. The van der Waals surface area contributed by atoms with Gasteiger partial charge in [-0.3, -0.25) is 4.79 Å². The number of alkyl halides is 1. The number of nitrogens with zero attached hydrogens (tertiary/aromatic N) is 1. The number of likely N-dealkylation sites (N-methyl/N-ethyl adjacent to an activating group) is 1. The standard InChI is InChI=1S/C14H20ClNO3/c1-10(15)9-16(2)14(17)8-11-5-6-12(18-3)13(7-11)19-4/h5-7,10H,8-9H2,1-4H3. The number of carbonyl (C=O) groups is 1. The Morgan fingerprint density at radius 1 is 1.32 bits per heavy atom. The first-order valence-electron chi connectivity index (χ1n) is 6.06. The fourth-order valence-corrected chi connectivity index (χ4v) is 1.99. The minimum absolute atomic E-state index is 0.0275. The highest BCUT2D eigenvalue weighted by molar-refractivity contribution is 6.20. The molecule has 4 nitrogen and oxygen atoms in total. The Labute approximate surface area is 119 Å². The van der Waals surface area contributed by atoms with Crippen molar-refractivity contribution in [1.29, 1.82) is 0 Å². The second kappa shape index (κ2) is 7.24. The van der Waals surface area contributed by atoms with Gasteiger partial charge in [0, 0.05) is 19.0 Å². The largest absolute Gasteiger partial charge is 0.493 e. The molecule has 0 aromatic heterocycles. The smallest absolute Gasteiger partial charge is 0.226 e. The number of rotatable bonds is 6. The summed E-state index contributed by atoms with van der Waals surface area (Å²) in [7, 11) is 4.91. The van der Waals surface area contributed by atoms with Crippen LogP contribution in [0.2, 0.25) is 0 Å². The van der Waals surface area contributed by atoms with Gasteiger partial charge in [0.25, 0.3) is 0 Å². The van der Waals surface area contributed by atoms with E-state index < -0.39 is 0 Å². The third kappa shape index (κ3) is 4.63. The molecule has 1 atom stereocenters. The van der Waals surface area contributed by atoms with Crippen molar-refractivity contribution in [1.82, 2.24) is 4.90 Å². The lowest BCUT2D eigenvalue weighted by molar-refractivity contribution is -0.129. The third-order valence-corrected chi connectivity index (χ3v) is 2.89.